The molecule has 2 rings (SSSR count). The van der Waals surface area contributed by atoms with Crippen molar-refractivity contribution in [2.45, 2.75) is 13.8 Å². The molecule has 0 aliphatic rings. The van der Waals surface area contributed by atoms with Gasteiger partial charge in [0.2, 0.25) is 0 Å². The van der Waals surface area contributed by atoms with Gasteiger partial charge in [0.15, 0.2) is 0 Å². The number of nitrogens with two attached hydrogens (primary N) is 1. The van der Waals surface area contributed by atoms with Gasteiger partial charge in [-0.15, -0.1) is 0 Å². The highest BCUT2D eigenvalue weighted by atomic mass is 79.9. The summed E-state index contributed by atoms with van der Waals surface area (Å²) in [6.07, 6.45) is 1.57. The van der Waals surface area contributed by atoms with Gasteiger partial charge >= 0.3 is 0 Å². The van der Waals surface area contributed by atoms with Crippen LogP contribution in [0.25, 0.3) is 0 Å². The average Bonchev–Trinajstić information content (AvgIpc) is 2.40. The summed E-state index contributed by atoms with van der Waals surface area (Å²) in [7, 11) is 1.74. The highest BCUT2D eigenvalue weighted by Crippen LogP contribution is 2.24. The molecule has 0 aliphatic heterocycles. The zero-order valence-corrected chi connectivity index (χ0v) is 13.2. The highest BCUT2D eigenvalue weighted by molar-refractivity contribution is 9.10. The van der Waals surface area contributed by atoms with Crippen molar-refractivity contribution in [2.24, 2.45) is 0 Å². The van der Waals surface area contributed by atoms with E-state index in [9.17, 15) is 4.79 Å². The monoisotopic (exact) mass is 333 g/mol. The van der Waals surface area contributed by atoms with E-state index < -0.39 is 0 Å². The molecule has 0 saturated carbocycles. The van der Waals surface area contributed by atoms with Crippen molar-refractivity contribution in [3.63, 3.8) is 0 Å². The van der Waals surface area contributed by atoms with Gasteiger partial charge in [0.25, 0.3) is 5.91 Å². The Bertz CT molecular complexity index is 670. The number of aromatic nitrogens is 1. The number of carbonyl (C=O) groups is 1. The van der Waals surface area contributed by atoms with Crippen LogP contribution in [0.5, 0.6) is 0 Å². The fourth-order valence-electron chi connectivity index (χ4n) is 2.09. The quantitative estimate of drug-likeness (QED) is 0.917. The van der Waals surface area contributed by atoms with Gasteiger partial charge in [-0.1, -0.05) is 17.7 Å². The highest BCUT2D eigenvalue weighted by Gasteiger charge is 2.18. The number of pyridine rings is 1. The number of amides is 1. The third-order valence-electron chi connectivity index (χ3n) is 3.13. The third kappa shape index (κ3) is 2.82. The van der Waals surface area contributed by atoms with Gasteiger partial charge in [0.1, 0.15) is 5.82 Å². The molecule has 2 aromatic rings. The molecule has 0 radical (unpaired) electrons. The first-order chi connectivity index (χ1) is 9.40. The number of carbonyl (C=O) groups excluding carboxylic acids is 1. The van der Waals surface area contributed by atoms with E-state index in [-0.39, 0.29) is 11.7 Å². The van der Waals surface area contributed by atoms with Gasteiger partial charge in [-0.25, -0.2) is 4.98 Å². The molecule has 1 aromatic heterocycles. The van der Waals surface area contributed by atoms with Crippen LogP contribution in [0, 0.1) is 13.8 Å². The summed E-state index contributed by atoms with van der Waals surface area (Å²) in [6.45, 7) is 4.00. The molecule has 0 spiro atoms. The van der Waals surface area contributed by atoms with E-state index in [0.717, 1.165) is 21.3 Å². The summed E-state index contributed by atoms with van der Waals surface area (Å²) < 4.78 is 0.726. The summed E-state index contributed by atoms with van der Waals surface area (Å²) in [5.41, 5.74) is 9.25. The van der Waals surface area contributed by atoms with Crippen LogP contribution >= 0.6 is 15.9 Å². The lowest BCUT2D eigenvalue weighted by molar-refractivity contribution is 0.0993. The summed E-state index contributed by atoms with van der Waals surface area (Å²) in [4.78, 5) is 18.1. The summed E-state index contributed by atoms with van der Waals surface area (Å²) in [6, 6.07) is 7.64. The maximum Gasteiger partial charge on any atom is 0.261 e. The second-order valence-corrected chi connectivity index (χ2v) is 5.66. The zero-order valence-electron chi connectivity index (χ0n) is 11.6. The fraction of sp³-hybridized carbons (Fsp3) is 0.200. The first-order valence-electron chi connectivity index (χ1n) is 6.16. The standard InChI is InChI=1S/C15H16BrN3O/c1-9-4-5-13(10(2)6-9)19(3)15(20)12-7-11(16)8-18-14(12)17/h4-8H,1-3H3,(H2,17,18). The van der Waals surface area contributed by atoms with Gasteiger partial charge in [-0.2, -0.15) is 0 Å². The van der Waals surface area contributed by atoms with Crippen LogP contribution in [0.1, 0.15) is 21.5 Å². The van der Waals surface area contributed by atoms with E-state index in [0.29, 0.717) is 5.56 Å². The van der Waals surface area contributed by atoms with E-state index in [1.54, 1.807) is 24.2 Å². The Balaban J connectivity index is 2.40. The Morgan fingerprint density at radius 3 is 2.65 bits per heavy atom. The van der Waals surface area contributed by atoms with Gasteiger partial charge in [-0.3, -0.25) is 4.79 Å². The van der Waals surface area contributed by atoms with E-state index >= 15 is 0 Å². The smallest absolute Gasteiger partial charge is 0.261 e. The Morgan fingerprint density at radius 1 is 1.30 bits per heavy atom. The van der Waals surface area contributed by atoms with E-state index in [1.807, 2.05) is 32.0 Å². The van der Waals surface area contributed by atoms with Crippen molar-refractivity contribution in [3.05, 3.63) is 51.6 Å². The fourth-order valence-corrected chi connectivity index (χ4v) is 2.42. The molecule has 0 bridgehead atoms. The summed E-state index contributed by atoms with van der Waals surface area (Å²) >= 11 is 3.31. The molecule has 0 atom stereocenters. The molecule has 1 amide bonds. The molecule has 0 fully saturated rings. The predicted molar refractivity (Wildman–Crippen MR) is 85.0 cm³/mol. The van der Waals surface area contributed by atoms with Crippen LogP contribution in [-0.2, 0) is 0 Å². The number of anilines is 2. The van der Waals surface area contributed by atoms with E-state index in [4.69, 9.17) is 5.73 Å². The van der Waals surface area contributed by atoms with Gasteiger partial charge in [0, 0.05) is 23.4 Å². The number of nitrogen functional groups attached to an aromatic ring is 1. The lowest BCUT2D eigenvalue weighted by Gasteiger charge is -2.20. The first-order valence-corrected chi connectivity index (χ1v) is 6.96. The van der Waals surface area contributed by atoms with Crippen molar-refractivity contribution in [2.75, 3.05) is 17.7 Å². The molecular formula is C15H16BrN3O. The molecule has 5 heteroatoms. The van der Waals surface area contributed by atoms with Gasteiger partial charge in [0.05, 0.1) is 5.56 Å². The molecule has 4 nitrogen and oxygen atoms in total. The zero-order chi connectivity index (χ0) is 14.9. The molecule has 0 aliphatic carbocycles. The summed E-state index contributed by atoms with van der Waals surface area (Å²) in [5.74, 6) is 0.0538. The van der Waals surface area contributed by atoms with Crippen molar-refractivity contribution in [1.29, 1.82) is 0 Å². The van der Waals surface area contributed by atoms with Gasteiger partial charge in [-0.05, 0) is 47.5 Å². The van der Waals surface area contributed by atoms with Crippen LogP contribution in [0.4, 0.5) is 11.5 Å². The molecule has 1 aromatic carbocycles. The number of nitrogens with zero attached hydrogens (tertiary/aromatic N) is 2. The van der Waals surface area contributed by atoms with Crippen LogP contribution < -0.4 is 10.6 Å². The minimum Gasteiger partial charge on any atom is -0.383 e. The minimum absolute atomic E-state index is 0.178. The van der Waals surface area contributed by atoms with E-state index in [1.165, 1.54) is 0 Å². The molecule has 0 unspecified atom stereocenters. The second-order valence-electron chi connectivity index (χ2n) is 4.74. The molecule has 20 heavy (non-hydrogen) atoms. The van der Waals surface area contributed by atoms with Crippen LogP contribution in [0.3, 0.4) is 0 Å². The maximum absolute atomic E-state index is 12.5. The van der Waals surface area contributed by atoms with Crippen molar-refractivity contribution in [3.8, 4) is 0 Å². The van der Waals surface area contributed by atoms with Crippen LogP contribution in [-0.4, -0.2) is 17.9 Å². The molecule has 1 heterocycles. The molecule has 104 valence electrons. The second kappa shape index (κ2) is 5.63. The Kier molecular flexibility index (Phi) is 4.09. The number of benzene rings is 1. The number of halogens is 1. The molecular weight excluding hydrogens is 318 g/mol. The van der Waals surface area contributed by atoms with E-state index in [2.05, 4.69) is 20.9 Å². The van der Waals surface area contributed by atoms with Crippen LogP contribution in [0.15, 0.2) is 34.9 Å². The van der Waals surface area contributed by atoms with Crippen LogP contribution in [0.2, 0.25) is 0 Å². The number of rotatable bonds is 2. The minimum atomic E-state index is -0.178. The Labute approximate surface area is 126 Å². The summed E-state index contributed by atoms with van der Waals surface area (Å²) in [5, 5.41) is 0. The Morgan fingerprint density at radius 2 is 2.00 bits per heavy atom. The lowest BCUT2D eigenvalue weighted by Crippen LogP contribution is -2.28. The maximum atomic E-state index is 12.5. The average molecular weight is 334 g/mol. The lowest BCUT2D eigenvalue weighted by atomic mass is 10.1. The first kappa shape index (κ1) is 14.5. The normalized spacial score (nSPS) is 10.4. The van der Waals surface area contributed by atoms with Crippen molar-refractivity contribution < 1.29 is 4.79 Å². The molecule has 2 N–H and O–H groups in total. The third-order valence-corrected chi connectivity index (χ3v) is 3.57. The van der Waals surface area contributed by atoms with Crippen molar-refractivity contribution >= 4 is 33.3 Å². The SMILES string of the molecule is Cc1ccc(N(C)C(=O)c2cc(Br)cnc2N)c(C)c1. The van der Waals surface area contributed by atoms with Crippen molar-refractivity contribution in [1.82, 2.24) is 4.98 Å². The largest absolute Gasteiger partial charge is 0.383 e. The number of aryl methyl sites for hydroxylation is 2. The number of hydrogen-bond donors (Lipinski definition) is 1. The number of hydrogen-bond acceptors (Lipinski definition) is 3. The topological polar surface area (TPSA) is 59.2 Å². The predicted octanol–water partition coefficient (Wildman–Crippen LogP) is 3.32. The molecule has 0 saturated heterocycles. The van der Waals surface area contributed by atoms with Gasteiger partial charge < -0.3 is 10.6 Å². The Hall–Kier alpha value is -1.88.